The van der Waals surface area contributed by atoms with Crippen molar-refractivity contribution in [1.82, 2.24) is 10.2 Å². The van der Waals surface area contributed by atoms with Crippen LogP contribution in [-0.2, 0) is 0 Å². The summed E-state index contributed by atoms with van der Waals surface area (Å²) in [6.07, 6.45) is 1.52. The molecule has 0 saturated carbocycles. The fraction of sp³-hybridized carbons (Fsp3) is 0. The van der Waals surface area contributed by atoms with Crippen molar-refractivity contribution in [3.05, 3.63) is 45.9 Å². The molecule has 0 aliphatic carbocycles. The van der Waals surface area contributed by atoms with E-state index in [0.717, 1.165) is 0 Å². The van der Waals surface area contributed by atoms with E-state index in [1.54, 1.807) is 18.2 Å². The molecule has 2 aromatic rings. The van der Waals surface area contributed by atoms with Gasteiger partial charge >= 0.3 is 0 Å². The second-order valence-corrected chi connectivity index (χ2v) is 3.83. The number of nitrogens with zero attached hydrogens (tertiary/aromatic N) is 1. The van der Waals surface area contributed by atoms with Crippen LogP contribution < -0.4 is 0 Å². The largest absolute Gasteiger partial charge is 0.268 e. The summed E-state index contributed by atoms with van der Waals surface area (Å²) in [6.45, 7) is 0. The lowest BCUT2D eigenvalue weighted by molar-refractivity contribution is 0.631. The second-order valence-electron chi connectivity index (χ2n) is 2.96. The third-order valence-corrected chi connectivity index (χ3v) is 2.35. The summed E-state index contributed by atoms with van der Waals surface area (Å²) >= 11 is 10.6. The molecule has 0 amide bonds. The molecule has 0 aliphatic heterocycles. The van der Waals surface area contributed by atoms with Gasteiger partial charge < -0.3 is 0 Å². The van der Waals surface area contributed by atoms with Gasteiger partial charge in [0.05, 0.1) is 6.20 Å². The van der Waals surface area contributed by atoms with Crippen molar-refractivity contribution in [3.8, 4) is 11.1 Å². The van der Waals surface area contributed by atoms with Gasteiger partial charge in [-0.2, -0.15) is 5.10 Å². The summed E-state index contributed by atoms with van der Waals surface area (Å²) < 4.78 is 14.0. The van der Waals surface area contributed by atoms with Gasteiger partial charge in [0, 0.05) is 16.1 Å². The maximum Gasteiger partial charge on any atom is 0.132 e. The molecule has 0 bridgehead atoms. The third kappa shape index (κ3) is 2.22. The number of nitrogens with one attached hydrogen (secondary N) is 1. The van der Waals surface area contributed by atoms with Crippen molar-refractivity contribution < 1.29 is 4.39 Å². The summed E-state index contributed by atoms with van der Waals surface area (Å²) in [5, 5.41) is 6.75. The number of rotatable bonds is 1. The summed E-state index contributed by atoms with van der Waals surface area (Å²) in [6, 6.07) is 6.13. The van der Waals surface area contributed by atoms with Gasteiger partial charge in [-0.15, -0.1) is 0 Å². The van der Waals surface area contributed by atoms with E-state index in [1.165, 1.54) is 12.3 Å². The quantitative estimate of drug-likeness (QED) is 0.772. The average molecular weight is 241 g/mol. The zero-order chi connectivity index (χ0) is 10.8. The van der Waals surface area contributed by atoms with Crippen LogP contribution in [0.1, 0.15) is 0 Å². The minimum Gasteiger partial charge on any atom is -0.268 e. The zero-order valence-corrected chi connectivity index (χ0v) is 9.07. The summed E-state index contributed by atoms with van der Waals surface area (Å²) in [4.78, 5) is 0. The lowest BCUT2D eigenvalue weighted by Gasteiger charge is -2.02. The highest BCUT2D eigenvalue weighted by Gasteiger charge is 2.05. The molecular formula is C10H6ClFN2S. The third-order valence-electron chi connectivity index (χ3n) is 1.91. The van der Waals surface area contributed by atoms with E-state index in [0.29, 0.717) is 20.8 Å². The average Bonchev–Trinajstić information content (AvgIpc) is 2.17. The maximum absolute atomic E-state index is 13.5. The van der Waals surface area contributed by atoms with Crippen molar-refractivity contribution in [1.29, 1.82) is 0 Å². The number of aromatic amines is 1. The highest BCUT2D eigenvalue weighted by molar-refractivity contribution is 7.71. The van der Waals surface area contributed by atoms with Gasteiger partial charge in [-0.05, 0) is 24.3 Å². The molecular weight excluding hydrogens is 235 g/mol. The Bertz CT molecular complexity index is 553. The van der Waals surface area contributed by atoms with Gasteiger partial charge in [-0.25, -0.2) is 4.39 Å². The lowest BCUT2D eigenvalue weighted by Crippen LogP contribution is -1.87. The van der Waals surface area contributed by atoms with Crippen LogP contribution >= 0.6 is 23.8 Å². The van der Waals surface area contributed by atoms with Gasteiger partial charge in [-0.3, -0.25) is 5.10 Å². The van der Waals surface area contributed by atoms with E-state index in [9.17, 15) is 4.39 Å². The van der Waals surface area contributed by atoms with Crippen LogP contribution in [0.5, 0.6) is 0 Å². The predicted octanol–water partition coefficient (Wildman–Crippen LogP) is 3.60. The molecule has 0 radical (unpaired) electrons. The predicted molar refractivity (Wildman–Crippen MR) is 59.8 cm³/mol. The molecule has 0 spiro atoms. The molecule has 0 fully saturated rings. The molecule has 15 heavy (non-hydrogen) atoms. The number of hydrogen-bond donors (Lipinski definition) is 1. The van der Waals surface area contributed by atoms with Crippen LogP contribution in [0.25, 0.3) is 11.1 Å². The summed E-state index contributed by atoms with van der Waals surface area (Å²) in [5.74, 6) is -0.384. The number of hydrogen-bond acceptors (Lipinski definition) is 2. The highest BCUT2D eigenvalue weighted by Crippen LogP contribution is 2.24. The van der Waals surface area contributed by atoms with E-state index in [4.69, 9.17) is 23.8 Å². The Balaban J connectivity index is 2.59. The van der Waals surface area contributed by atoms with Crippen molar-refractivity contribution in [2.45, 2.75) is 0 Å². The molecule has 76 valence electrons. The Morgan fingerprint density at radius 1 is 1.33 bits per heavy atom. The second kappa shape index (κ2) is 4.08. The van der Waals surface area contributed by atoms with E-state index in [1.807, 2.05) is 0 Å². The van der Waals surface area contributed by atoms with Crippen molar-refractivity contribution in [2.75, 3.05) is 0 Å². The van der Waals surface area contributed by atoms with E-state index < -0.39 is 0 Å². The van der Waals surface area contributed by atoms with Crippen LogP contribution in [0.2, 0.25) is 5.02 Å². The van der Waals surface area contributed by atoms with E-state index >= 15 is 0 Å². The topological polar surface area (TPSA) is 28.7 Å². The molecule has 2 nitrogen and oxygen atoms in total. The number of halogens is 2. The fourth-order valence-corrected chi connectivity index (χ4v) is 1.59. The van der Waals surface area contributed by atoms with Crippen molar-refractivity contribution >= 4 is 23.8 Å². The number of aromatic nitrogens is 2. The monoisotopic (exact) mass is 240 g/mol. The van der Waals surface area contributed by atoms with Gasteiger partial charge in [-0.1, -0.05) is 23.8 Å². The van der Waals surface area contributed by atoms with Crippen LogP contribution in [-0.4, -0.2) is 10.2 Å². The highest BCUT2D eigenvalue weighted by atomic mass is 35.5. The Hall–Kier alpha value is -1.26. The van der Waals surface area contributed by atoms with Crippen LogP contribution in [0.15, 0.2) is 30.5 Å². The Morgan fingerprint density at radius 2 is 2.13 bits per heavy atom. The maximum atomic E-state index is 13.5. The van der Waals surface area contributed by atoms with Crippen molar-refractivity contribution in [2.24, 2.45) is 0 Å². The Labute approximate surface area is 95.7 Å². The molecule has 5 heteroatoms. The van der Waals surface area contributed by atoms with Gasteiger partial charge in [0.15, 0.2) is 0 Å². The SMILES string of the molecule is Fc1cc(Cl)ccc1-c1cn[nH]c(=S)c1. The van der Waals surface area contributed by atoms with Gasteiger partial charge in [0.1, 0.15) is 10.5 Å². The van der Waals surface area contributed by atoms with Gasteiger partial charge in [0.25, 0.3) is 0 Å². The molecule has 1 aromatic carbocycles. The van der Waals surface area contributed by atoms with E-state index in [2.05, 4.69) is 10.2 Å². The first-order valence-corrected chi connectivity index (χ1v) is 4.95. The van der Waals surface area contributed by atoms with Crippen LogP contribution in [0, 0.1) is 10.5 Å². The Morgan fingerprint density at radius 3 is 2.80 bits per heavy atom. The first kappa shape index (κ1) is 10.3. The summed E-state index contributed by atoms with van der Waals surface area (Å²) in [7, 11) is 0. The van der Waals surface area contributed by atoms with Crippen molar-refractivity contribution in [3.63, 3.8) is 0 Å². The summed E-state index contributed by atoms with van der Waals surface area (Å²) in [5.41, 5.74) is 1.07. The smallest absolute Gasteiger partial charge is 0.132 e. The van der Waals surface area contributed by atoms with Crippen LogP contribution in [0.3, 0.4) is 0 Å². The zero-order valence-electron chi connectivity index (χ0n) is 7.50. The van der Waals surface area contributed by atoms with Gasteiger partial charge in [0.2, 0.25) is 0 Å². The lowest BCUT2D eigenvalue weighted by atomic mass is 10.1. The molecule has 2 rings (SSSR count). The molecule has 0 saturated heterocycles. The number of H-pyrrole nitrogens is 1. The van der Waals surface area contributed by atoms with E-state index in [-0.39, 0.29) is 5.82 Å². The normalized spacial score (nSPS) is 10.3. The standard InChI is InChI=1S/C10H6ClFN2S/c11-7-1-2-8(9(12)4-7)6-3-10(15)14-13-5-6/h1-5H,(H,14,15). The molecule has 1 heterocycles. The molecule has 0 unspecified atom stereocenters. The first-order chi connectivity index (χ1) is 7.16. The molecule has 1 N–H and O–H groups in total. The molecule has 1 aromatic heterocycles. The molecule has 0 atom stereocenters. The number of benzene rings is 1. The Kier molecular flexibility index (Phi) is 2.79. The minimum atomic E-state index is -0.384. The molecule has 0 aliphatic rings. The minimum absolute atomic E-state index is 0.366. The fourth-order valence-electron chi connectivity index (χ4n) is 1.25. The van der Waals surface area contributed by atoms with Crippen LogP contribution in [0.4, 0.5) is 4.39 Å². The first-order valence-electron chi connectivity index (χ1n) is 4.17.